The maximum absolute atomic E-state index is 4.38. The van der Waals surface area contributed by atoms with Crippen molar-refractivity contribution < 1.29 is 19.5 Å². The molecule has 6 aromatic heterocycles. The van der Waals surface area contributed by atoms with Crippen LogP contribution in [0.2, 0.25) is 0 Å². The van der Waals surface area contributed by atoms with E-state index < -0.39 is 0 Å². The molecule has 0 radical (unpaired) electrons. The van der Waals surface area contributed by atoms with E-state index in [1.54, 1.807) is 24.8 Å². The van der Waals surface area contributed by atoms with Gasteiger partial charge in [-0.2, -0.15) is 0 Å². The molecule has 8 heteroatoms. The number of aromatic nitrogens is 6. The van der Waals surface area contributed by atoms with Gasteiger partial charge in [0.25, 0.3) is 0 Å². The number of anilines is 1. The van der Waals surface area contributed by atoms with Gasteiger partial charge in [-0.1, -0.05) is 37.6 Å². The molecule has 1 N–H and O–H groups in total. The van der Waals surface area contributed by atoms with Gasteiger partial charge < -0.3 is 5.32 Å². The predicted octanol–water partition coefficient (Wildman–Crippen LogP) is 7.95. The quantitative estimate of drug-likeness (QED) is 0.138. The van der Waals surface area contributed by atoms with Crippen molar-refractivity contribution in [3.63, 3.8) is 0 Å². The number of unbranched alkanes of at least 4 members (excludes halogenated alkanes) is 1. The number of hydrogen-bond acceptors (Lipinski definition) is 7. The van der Waals surface area contributed by atoms with E-state index in [1.165, 1.54) is 18.4 Å². The fraction of sp³-hybridized carbons (Fsp3) is 0.143. The van der Waals surface area contributed by atoms with Crippen LogP contribution in [0.25, 0.3) is 34.2 Å². The second kappa shape index (κ2) is 18.7. The molecule has 218 valence electrons. The van der Waals surface area contributed by atoms with E-state index in [2.05, 4.69) is 61.2 Å². The van der Waals surface area contributed by atoms with Crippen LogP contribution < -0.4 is 5.32 Å². The van der Waals surface area contributed by atoms with E-state index >= 15 is 0 Å². The van der Waals surface area contributed by atoms with Gasteiger partial charge in [0.1, 0.15) is 0 Å². The molecule has 0 amide bonds. The average Bonchev–Trinajstić information content (AvgIpc) is 3.07. The van der Waals surface area contributed by atoms with Crippen molar-refractivity contribution in [3.05, 3.63) is 140 Å². The summed E-state index contributed by atoms with van der Waals surface area (Å²) in [5.74, 6) is 0. The maximum atomic E-state index is 4.38. The molecule has 0 saturated heterocycles. The van der Waals surface area contributed by atoms with Crippen LogP contribution in [-0.4, -0.2) is 36.4 Å². The zero-order valence-electron chi connectivity index (χ0n) is 24.4. The Morgan fingerprint density at radius 3 is 1.30 bits per heavy atom. The van der Waals surface area contributed by atoms with Crippen LogP contribution in [-0.2, 0) is 19.5 Å². The third kappa shape index (κ3) is 11.3. The fourth-order valence-electron chi connectivity index (χ4n) is 3.82. The molecule has 0 aliphatic carbocycles. The second-order valence-electron chi connectivity index (χ2n) is 9.29. The first-order valence-corrected chi connectivity index (χ1v) is 14.0. The summed E-state index contributed by atoms with van der Waals surface area (Å²) < 4.78 is 0. The number of aryl methyl sites for hydroxylation is 1. The SMILES string of the molecule is CCCCNc1ccnc(-c2cc(C)ccn2)c1.[Ru].c1ccc(-c2ccccn2)nc1.c1ccc(-c2ccccn2)nc1. The molecule has 0 aromatic carbocycles. The van der Waals surface area contributed by atoms with Crippen LogP contribution >= 0.6 is 0 Å². The van der Waals surface area contributed by atoms with Crippen molar-refractivity contribution in [2.45, 2.75) is 26.7 Å². The molecular weight excluding hydrogens is 620 g/mol. The van der Waals surface area contributed by atoms with E-state index in [0.29, 0.717) is 0 Å². The van der Waals surface area contributed by atoms with Gasteiger partial charge in [0.2, 0.25) is 0 Å². The Labute approximate surface area is 266 Å². The van der Waals surface area contributed by atoms with Gasteiger partial charge in [-0.15, -0.1) is 0 Å². The van der Waals surface area contributed by atoms with Crippen molar-refractivity contribution in [1.82, 2.24) is 29.9 Å². The largest absolute Gasteiger partial charge is 0.385 e. The van der Waals surface area contributed by atoms with E-state index in [9.17, 15) is 0 Å². The molecule has 0 fully saturated rings. The first kappa shape index (κ1) is 32.8. The summed E-state index contributed by atoms with van der Waals surface area (Å²) in [4.78, 5) is 25.5. The minimum absolute atomic E-state index is 0. The van der Waals surface area contributed by atoms with Crippen LogP contribution in [0.5, 0.6) is 0 Å². The van der Waals surface area contributed by atoms with E-state index in [0.717, 1.165) is 46.4 Å². The average molecular weight is 655 g/mol. The minimum Gasteiger partial charge on any atom is -0.385 e. The molecule has 43 heavy (non-hydrogen) atoms. The van der Waals surface area contributed by atoms with E-state index in [4.69, 9.17) is 0 Å². The van der Waals surface area contributed by atoms with Gasteiger partial charge in [-0.25, -0.2) is 0 Å². The van der Waals surface area contributed by atoms with Crippen LogP contribution in [0.15, 0.2) is 134 Å². The first-order chi connectivity index (χ1) is 20.7. The van der Waals surface area contributed by atoms with Gasteiger partial charge in [0, 0.05) is 68.9 Å². The zero-order valence-corrected chi connectivity index (χ0v) is 26.1. The minimum atomic E-state index is 0. The van der Waals surface area contributed by atoms with Gasteiger partial charge in [-0.05, 0) is 91.7 Å². The summed E-state index contributed by atoms with van der Waals surface area (Å²) in [5, 5.41) is 3.40. The normalized spacial score (nSPS) is 9.72. The number of nitrogens with one attached hydrogen (secondary N) is 1. The Morgan fingerprint density at radius 1 is 0.488 bits per heavy atom. The Balaban J connectivity index is 0.000000180. The summed E-state index contributed by atoms with van der Waals surface area (Å²) in [7, 11) is 0. The van der Waals surface area contributed by atoms with E-state index in [-0.39, 0.29) is 19.5 Å². The molecule has 0 bridgehead atoms. The van der Waals surface area contributed by atoms with Gasteiger partial charge in [0.15, 0.2) is 0 Å². The first-order valence-electron chi connectivity index (χ1n) is 14.0. The van der Waals surface area contributed by atoms with E-state index in [1.807, 2.05) is 97.3 Å². The Hall–Kier alpha value is -4.68. The molecule has 6 aromatic rings. The van der Waals surface area contributed by atoms with Crippen LogP contribution in [0.4, 0.5) is 5.69 Å². The van der Waals surface area contributed by atoms with Crippen molar-refractivity contribution in [2.24, 2.45) is 0 Å². The second-order valence-corrected chi connectivity index (χ2v) is 9.29. The summed E-state index contributed by atoms with van der Waals surface area (Å²) >= 11 is 0. The summed E-state index contributed by atoms with van der Waals surface area (Å²) in [6.07, 6.45) is 13.1. The third-order valence-electron chi connectivity index (χ3n) is 5.98. The summed E-state index contributed by atoms with van der Waals surface area (Å²) in [6, 6.07) is 31.3. The molecule has 0 aliphatic rings. The standard InChI is InChI=1S/C15H19N3.2C10H8N2.Ru/c1-3-4-7-16-13-6-9-18-15(11-13)14-10-12(2)5-8-17-14;2*1-3-7-11-9(5-1)10-6-2-4-8-12-10;/h5-6,8-11H,3-4,7H2,1-2H3,(H,16,18);2*1-8H;. The molecular formula is C35H35N7Ru. The van der Waals surface area contributed by atoms with Crippen molar-refractivity contribution >= 4 is 5.69 Å². The number of pyridine rings is 6. The summed E-state index contributed by atoms with van der Waals surface area (Å²) in [5.41, 5.74) is 7.81. The number of nitrogens with zero attached hydrogens (tertiary/aromatic N) is 6. The van der Waals surface area contributed by atoms with Crippen LogP contribution in [0.1, 0.15) is 25.3 Å². The zero-order chi connectivity index (χ0) is 29.2. The summed E-state index contributed by atoms with van der Waals surface area (Å²) in [6.45, 7) is 5.26. The molecule has 0 spiro atoms. The van der Waals surface area contributed by atoms with Gasteiger partial charge in [0.05, 0.1) is 34.2 Å². The molecule has 0 unspecified atom stereocenters. The monoisotopic (exact) mass is 655 g/mol. The third-order valence-corrected chi connectivity index (χ3v) is 5.98. The molecule has 0 saturated carbocycles. The number of rotatable bonds is 7. The molecule has 6 rings (SSSR count). The smallest absolute Gasteiger partial charge is 0.0906 e. The van der Waals surface area contributed by atoms with Crippen LogP contribution in [0, 0.1) is 6.92 Å². The fourth-order valence-corrected chi connectivity index (χ4v) is 3.82. The van der Waals surface area contributed by atoms with Crippen LogP contribution in [0.3, 0.4) is 0 Å². The Bertz CT molecular complexity index is 1440. The Kier molecular flexibility index (Phi) is 14.3. The molecule has 0 aliphatic heterocycles. The van der Waals surface area contributed by atoms with Crippen molar-refractivity contribution in [1.29, 1.82) is 0 Å². The van der Waals surface area contributed by atoms with Crippen molar-refractivity contribution in [2.75, 3.05) is 11.9 Å². The number of hydrogen-bond donors (Lipinski definition) is 1. The molecule has 7 nitrogen and oxygen atoms in total. The maximum Gasteiger partial charge on any atom is 0.0906 e. The van der Waals surface area contributed by atoms with Crippen molar-refractivity contribution in [3.8, 4) is 34.2 Å². The molecule has 6 heterocycles. The predicted molar refractivity (Wildman–Crippen MR) is 171 cm³/mol. The van der Waals surface area contributed by atoms with Gasteiger partial charge in [-0.3, -0.25) is 29.9 Å². The Morgan fingerprint density at radius 2 is 0.907 bits per heavy atom. The molecule has 0 atom stereocenters. The topological polar surface area (TPSA) is 89.4 Å². The van der Waals surface area contributed by atoms with Gasteiger partial charge >= 0.3 is 0 Å².